The Kier molecular flexibility index (Phi) is 13.8. The molecule has 2 rings (SSSR count). The highest BCUT2D eigenvalue weighted by Gasteiger charge is 2.09. The largest absolute Gasteiger partial charge is 0.379 e. The maximum Gasteiger partial charge on any atom is 0.245 e. The van der Waals surface area contributed by atoms with E-state index in [4.69, 9.17) is 18.9 Å². The maximum atomic E-state index is 11.1. The zero-order valence-corrected chi connectivity index (χ0v) is 22.0. The van der Waals surface area contributed by atoms with E-state index in [1.807, 2.05) is 0 Å². The summed E-state index contributed by atoms with van der Waals surface area (Å²) in [6.07, 6.45) is 1.53. The van der Waals surface area contributed by atoms with Crippen LogP contribution in [0.2, 0.25) is 0 Å². The van der Waals surface area contributed by atoms with Gasteiger partial charge in [-0.05, 0) is 66.1 Å². The number of amides is 2. The van der Waals surface area contributed by atoms with Gasteiger partial charge in [-0.25, -0.2) is 0 Å². The Bertz CT molecular complexity index is 886. The van der Waals surface area contributed by atoms with Crippen LogP contribution in [0.3, 0.4) is 0 Å². The molecule has 0 saturated carbocycles. The van der Waals surface area contributed by atoms with Gasteiger partial charge in [0, 0.05) is 27.3 Å². The molecule has 0 aliphatic rings. The molecule has 0 saturated heterocycles. The van der Waals surface area contributed by atoms with Crippen LogP contribution in [-0.2, 0) is 41.6 Å². The molecule has 0 spiro atoms. The molecule has 0 atom stereocenters. The van der Waals surface area contributed by atoms with E-state index in [0.29, 0.717) is 39.6 Å². The molecule has 198 valence electrons. The van der Waals surface area contributed by atoms with Gasteiger partial charge in [-0.1, -0.05) is 30.3 Å². The van der Waals surface area contributed by atoms with Crippen LogP contribution in [0.4, 0.5) is 0 Å². The van der Waals surface area contributed by atoms with Crippen molar-refractivity contribution in [2.45, 2.75) is 33.3 Å². The first-order valence-electron chi connectivity index (χ1n) is 12.4. The molecule has 8 heteroatoms. The minimum atomic E-state index is -0.141. The van der Waals surface area contributed by atoms with Crippen molar-refractivity contribution in [1.29, 1.82) is 0 Å². The van der Waals surface area contributed by atoms with Gasteiger partial charge in [0.1, 0.15) is 13.2 Å². The van der Waals surface area contributed by atoms with E-state index in [9.17, 15) is 9.59 Å². The monoisotopic (exact) mass is 500 g/mol. The summed E-state index contributed by atoms with van der Waals surface area (Å²) in [5.74, 6) is -0.267. The number of hydrogen-bond donors (Lipinski definition) is 2. The second-order valence-electron chi connectivity index (χ2n) is 8.52. The van der Waals surface area contributed by atoms with Gasteiger partial charge in [-0.2, -0.15) is 0 Å². The van der Waals surface area contributed by atoms with E-state index in [1.165, 1.54) is 27.8 Å². The van der Waals surface area contributed by atoms with Crippen molar-refractivity contribution in [3.63, 3.8) is 0 Å². The molecular formula is C28H40N2O6. The van der Waals surface area contributed by atoms with Crippen molar-refractivity contribution in [3.05, 3.63) is 58.7 Å². The minimum Gasteiger partial charge on any atom is -0.379 e. The van der Waals surface area contributed by atoms with Crippen LogP contribution in [0.25, 0.3) is 11.1 Å². The zero-order valence-electron chi connectivity index (χ0n) is 22.0. The van der Waals surface area contributed by atoms with Crippen molar-refractivity contribution in [2.24, 2.45) is 0 Å². The maximum absolute atomic E-state index is 11.1. The van der Waals surface area contributed by atoms with Crippen LogP contribution < -0.4 is 10.6 Å². The molecule has 0 bridgehead atoms. The van der Waals surface area contributed by atoms with E-state index in [0.717, 1.165) is 18.4 Å². The summed E-state index contributed by atoms with van der Waals surface area (Å²) in [5.41, 5.74) is 7.17. The number of ether oxygens (including phenoxy) is 4. The topological polar surface area (TPSA) is 95.1 Å². The fourth-order valence-electron chi connectivity index (χ4n) is 3.50. The number of nitrogens with one attached hydrogen (secondary N) is 2. The van der Waals surface area contributed by atoms with Crippen molar-refractivity contribution in [2.75, 3.05) is 60.3 Å². The fraction of sp³-hybridized carbons (Fsp3) is 0.500. The fourth-order valence-corrected chi connectivity index (χ4v) is 3.50. The second kappa shape index (κ2) is 16.8. The molecule has 0 unspecified atom stereocenters. The Balaban J connectivity index is 1.83. The molecule has 0 fully saturated rings. The molecular weight excluding hydrogens is 460 g/mol. The zero-order chi connectivity index (χ0) is 26.2. The molecule has 8 nitrogen and oxygen atoms in total. The van der Waals surface area contributed by atoms with E-state index < -0.39 is 0 Å². The van der Waals surface area contributed by atoms with Gasteiger partial charge in [-0.15, -0.1) is 0 Å². The first-order valence-corrected chi connectivity index (χ1v) is 12.4. The van der Waals surface area contributed by atoms with E-state index in [2.05, 4.69) is 60.9 Å². The number of hydrogen-bond acceptors (Lipinski definition) is 6. The first kappa shape index (κ1) is 29.5. The number of aryl methyl sites for hydroxylation is 2. The third kappa shape index (κ3) is 10.9. The summed E-state index contributed by atoms with van der Waals surface area (Å²) in [7, 11) is 3.18. The SMILES string of the molecule is CNC(=O)COCCCOCc1ccc(C)c(-c2cc(CCOCCOCC(=O)NC)ccc2C)c1. The predicted octanol–water partition coefficient (Wildman–Crippen LogP) is 2.96. The molecule has 0 radical (unpaired) electrons. The molecule has 0 heterocycles. The summed E-state index contributed by atoms with van der Waals surface area (Å²) in [4.78, 5) is 22.3. The van der Waals surface area contributed by atoms with Crippen molar-refractivity contribution in [3.8, 4) is 11.1 Å². The molecule has 36 heavy (non-hydrogen) atoms. The Morgan fingerprint density at radius 1 is 0.667 bits per heavy atom. The number of carbonyl (C=O) groups is 2. The van der Waals surface area contributed by atoms with Gasteiger partial charge >= 0.3 is 0 Å². The normalized spacial score (nSPS) is 10.9. The standard InChI is InChI=1S/C28H40N2O6/c1-21-6-8-23(10-13-33-14-15-36-20-28(32)30-4)16-25(21)26-17-24(9-7-22(26)2)18-34-11-5-12-35-19-27(31)29-3/h6-9,16-17H,5,10-15,18-20H2,1-4H3,(H,29,31)(H,30,32). The lowest BCUT2D eigenvalue weighted by Gasteiger charge is -2.14. The second-order valence-corrected chi connectivity index (χ2v) is 8.52. The summed E-state index contributed by atoms with van der Waals surface area (Å²) >= 11 is 0. The van der Waals surface area contributed by atoms with Crippen LogP contribution in [0.1, 0.15) is 28.7 Å². The van der Waals surface area contributed by atoms with Gasteiger partial charge in [-0.3, -0.25) is 9.59 Å². The minimum absolute atomic E-state index is 0.0538. The predicted molar refractivity (Wildman–Crippen MR) is 140 cm³/mol. The lowest BCUT2D eigenvalue weighted by atomic mass is 9.93. The van der Waals surface area contributed by atoms with Crippen LogP contribution in [0, 0.1) is 13.8 Å². The third-order valence-corrected chi connectivity index (χ3v) is 5.67. The Hall–Kier alpha value is -2.78. The van der Waals surface area contributed by atoms with Gasteiger partial charge in [0.25, 0.3) is 0 Å². The summed E-state index contributed by atoms with van der Waals surface area (Å²) in [6, 6.07) is 13.0. The molecule has 0 aliphatic heterocycles. The van der Waals surface area contributed by atoms with Crippen molar-refractivity contribution < 1.29 is 28.5 Å². The van der Waals surface area contributed by atoms with Crippen LogP contribution >= 0.6 is 0 Å². The van der Waals surface area contributed by atoms with Crippen LogP contribution in [-0.4, -0.2) is 72.2 Å². The van der Waals surface area contributed by atoms with Crippen molar-refractivity contribution in [1.82, 2.24) is 10.6 Å². The molecule has 2 amide bonds. The average molecular weight is 501 g/mol. The van der Waals surface area contributed by atoms with Gasteiger partial charge in [0.15, 0.2) is 0 Å². The molecule has 0 aliphatic carbocycles. The van der Waals surface area contributed by atoms with E-state index >= 15 is 0 Å². The van der Waals surface area contributed by atoms with Crippen molar-refractivity contribution >= 4 is 11.8 Å². The summed E-state index contributed by atoms with van der Waals surface area (Å²) in [5, 5.41) is 5.04. The third-order valence-electron chi connectivity index (χ3n) is 5.67. The average Bonchev–Trinajstić information content (AvgIpc) is 2.89. The lowest BCUT2D eigenvalue weighted by Crippen LogP contribution is -2.24. The molecule has 2 aromatic rings. The lowest BCUT2D eigenvalue weighted by molar-refractivity contribution is -0.126. The number of carbonyl (C=O) groups excluding carboxylic acids is 2. The Labute approximate surface area is 214 Å². The first-order chi connectivity index (χ1) is 17.4. The van der Waals surface area contributed by atoms with Gasteiger partial charge in [0.2, 0.25) is 11.8 Å². The highest BCUT2D eigenvalue weighted by molar-refractivity contribution is 5.77. The Morgan fingerprint density at radius 3 is 1.83 bits per heavy atom. The van der Waals surface area contributed by atoms with Gasteiger partial charge in [0.05, 0.1) is 26.4 Å². The number of likely N-dealkylation sites (N-methyl/N-ethyl adjacent to an activating group) is 2. The molecule has 0 aromatic heterocycles. The van der Waals surface area contributed by atoms with E-state index in [-0.39, 0.29) is 25.0 Å². The smallest absolute Gasteiger partial charge is 0.245 e. The number of rotatable bonds is 17. The summed E-state index contributed by atoms with van der Waals surface area (Å²) < 4.78 is 22.0. The summed E-state index contributed by atoms with van der Waals surface area (Å²) in [6.45, 7) is 7.41. The highest BCUT2D eigenvalue weighted by atomic mass is 16.5. The highest BCUT2D eigenvalue weighted by Crippen LogP contribution is 2.29. The quantitative estimate of drug-likeness (QED) is 0.324. The van der Waals surface area contributed by atoms with Gasteiger partial charge < -0.3 is 29.6 Å². The van der Waals surface area contributed by atoms with Crippen LogP contribution in [0.5, 0.6) is 0 Å². The molecule has 2 N–H and O–H groups in total. The van der Waals surface area contributed by atoms with E-state index in [1.54, 1.807) is 14.1 Å². The number of benzene rings is 2. The molecule has 2 aromatic carbocycles. The van der Waals surface area contributed by atoms with Crippen LogP contribution in [0.15, 0.2) is 36.4 Å². The Morgan fingerprint density at radius 2 is 1.19 bits per heavy atom.